The molecular weight excluding hydrogens is 432 g/mol. The summed E-state index contributed by atoms with van der Waals surface area (Å²) in [6, 6.07) is -1.29. The molecule has 1 N–H and O–H groups in total. The zero-order valence-corrected chi connectivity index (χ0v) is 23.8. The summed E-state index contributed by atoms with van der Waals surface area (Å²) in [5.41, 5.74) is 0. The highest BCUT2D eigenvalue weighted by atomic mass is 16.5. The molecule has 0 heterocycles. The Labute approximate surface area is 208 Å². The third-order valence-corrected chi connectivity index (χ3v) is 6.75. The van der Waals surface area contributed by atoms with Gasteiger partial charge >= 0.3 is 0 Å². The van der Waals surface area contributed by atoms with Gasteiger partial charge in [0.1, 0.15) is 6.04 Å². The first kappa shape index (κ1) is 32.3. The summed E-state index contributed by atoms with van der Waals surface area (Å²) < 4.78 is 5.79. The summed E-state index contributed by atoms with van der Waals surface area (Å²) in [7, 11) is 8.90. The van der Waals surface area contributed by atoms with Crippen LogP contribution in [0.1, 0.15) is 67.7 Å². The lowest BCUT2D eigenvalue weighted by Gasteiger charge is -2.40. The standard InChI is InChI=1S/C26H52N4O4/c1-13-15-29(10)21(31)16-20(34-12)24(19(7)14-2)30(11)26(33)22(17(3)4)27-25(32)23(18(5)6)28(8)9/h17-20,22-24H,13-16H2,1-12H3,(H,27,32)/t19-,20+,22-,23-,24-/m1/s1. The Balaban J connectivity index is 5.90. The molecule has 0 saturated carbocycles. The third kappa shape index (κ3) is 9.17. The normalized spacial score (nSPS) is 16.2. The van der Waals surface area contributed by atoms with E-state index in [4.69, 9.17) is 4.74 Å². The van der Waals surface area contributed by atoms with E-state index in [9.17, 15) is 14.4 Å². The fourth-order valence-corrected chi connectivity index (χ4v) is 4.62. The van der Waals surface area contributed by atoms with Crippen molar-refractivity contribution in [1.29, 1.82) is 0 Å². The van der Waals surface area contributed by atoms with Crippen LogP contribution in [0.4, 0.5) is 0 Å². The molecule has 0 fully saturated rings. The van der Waals surface area contributed by atoms with Crippen molar-refractivity contribution >= 4 is 17.7 Å². The SMILES string of the molecule is CCCN(C)C(=O)C[C@H](OC)[C@@H]([C@H](C)CC)N(C)C(=O)[C@H](NC(=O)[C@@H](C(C)C)N(C)C)C(C)C. The average molecular weight is 485 g/mol. The van der Waals surface area contributed by atoms with Crippen molar-refractivity contribution in [2.75, 3.05) is 41.8 Å². The number of methoxy groups -OCH3 is 1. The van der Waals surface area contributed by atoms with Gasteiger partial charge in [-0.15, -0.1) is 0 Å². The molecule has 8 nitrogen and oxygen atoms in total. The molecule has 0 unspecified atom stereocenters. The average Bonchev–Trinajstić information content (AvgIpc) is 2.75. The second-order valence-electron chi connectivity index (χ2n) is 10.5. The van der Waals surface area contributed by atoms with Gasteiger partial charge in [-0.2, -0.15) is 0 Å². The largest absolute Gasteiger partial charge is 0.379 e. The Morgan fingerprint density at radius 3 is 1.85 bits per heavy atom. The van der Waals surface area contributed by atoms with Gasteiger partial charge in [-0.05, 0) is 38.3 Å². The smallest absolute Gasteiger partial charge is 0.245 e. The Kier molecular flexibility index (Phi) is 14.6. The number of likely N-dealkylation sites (N-methyl/N-ethyl adjacent to an activating group) is 2. The van der Waals surface area contributed by atoms with Gasteiger partial charge in [0.2, 0.25) is 17.7 Å². The lowest BCUT2D eigenvalue weighted by Crippen LogP contribution is -2.59. The van der Waals surface area contributed by atoms with Crippen LogP contribution in [0.15, 0.2) is 0 Å². The van der Waals surface area contributed by atoms with E-state index in [2.05, 4.69) is 19.2 Å². The van der Waals surface area contributed by atoms with E-state index in [0.29, 0.717) is 6.54 Å². The van der Waals surface area contributed by atoms with Crippen molar-refractivity contribution in [3.8, 4) is 0 Å². The van der Waals surface area contributed by atoms with E-state index in [1.165, 1.54) is 0 Å². The molecule has 0 aromatic heterocycles. The van der Waals surface area contributed by atoms with Crippen LogP contribution in [0.25, 0.3) is 0 Å². The van der Waals surface area contributed by atoms with Gasteiger partial charge in [-0.3, -0.25) is 19.3 Å². The Morgan fingerprint density at radius 1 is 0.912 bits per heavy atom. The number of nitrogens with one attached hydrogen (secondary N) is 1. The quantitative estimate of drug-likeness (QED) is 0.387. The number of carbonyl (C=O) groups excluding carboxylic acids is 3. The van der Waals surface area contributed by atoms with Gasteiger partial charge < -0.3 is 19.9 Å². The van der Waals surface area contributed by atoms with Crippen molar-refractivity contribution in [3.63, 3.8) is 0 Å². The molecule has 0 rings (SSSR count). The molecule has 0 saturated heterocycles. The molecule has 3 amide bonds. The zero-order chi connectivity index (χ0) is 26.7. The molecule has 0 spiro atoms. The molecule has 200 valence electrons. The molecule has 0 aliphatic rings. The summed E-state index contributed by atoms with van der Waals surface area (Å²) >= 11 is 0. The van der Waals surface area contributed by atoms with Gasteiger partial charge in [0.15, 0.2) is 0 Å². The van der Waals surface area contributed by atoms with E-state index >= 15 is 0 Å². The lowest BCUT2D eigenvalue weighted by molar-refractivity contribution is -0.146. The van der Waals surface area contributed by atoms with Crippen LogP contribution in [0, 0.1) is 17.8 Å². The monoisotopic (exact) mass is 484 g/mol. The summed E-state index contributed by atoms with van der Waals surface area (Å²) in [4.78, 5) is 44.9. The molecule has 0 aliphatic heterocycles. The number of carbonyl (C=O) groups is 3. The molecule has 0 aliphatic carbocycles. The van der Waals surface area contributed by atoms with E-state index in [-0.39, 0.29) is 54.0 Å². The van der Waals surface area contributed by atoms with E-state index < -0.39 is 12.1 Å². The van der Waals surface area contributed by atoms with E-state index in [1.807, 2.05) is 53.6 Å². The minimum Gasteiger partial charge on any atom is -0.379 e. The fraction of sp³-hybridized carbons (Fsp3) is 0.885. The molecule has 34 heavy (non-hydrogen) atoms. The van der Waals surface area contributed by atoms with Crippen LogP contribution in [-0.4, -0.2) is 98.5 Å². The first-order valence-electron chi connectivity index (χ1n) is 12.7. The summed E-state index contributed by atoms with van der Waals surface area (Å²) in [6.45, 7) is 14.7. The molecule has 0 bridgehead atoms. The molecule has 0 aromatic rings. The Bertz CT molecular complexity index is 630. The van der Waals surface area contributed by atoms with Crippen LogP contribution in [0.3, 0.4) is 0 Å². The summed E-state index contributed by atoms with van der Waals surface area (Å²) in [6.07, 6.45) is 1.47. The molecule has 0 radical (unpaired) electrons. The number of hydrogen-bond donors (Lipinski definition) is 1. The molecule has 8 heteroatoms. The fourth-order valence-electron chi connectivity index (χ4n) is 4.62. The highest BCUT2D eigenvalue weighted by Crippen LogP contribution is 2.24. The van der Waals surface area contributed by atoms with Crippen molar-refractivity contribution in [1.82, 2.24) is 20.0 Å². The van der Waals surface area contributed by atoms with Crippen LogP contribution >= 0.6 is 0 Å². The topological polar surface area (TPSA) is 82.2 Å². The predicted octanol–water partition coefficient (Wildman–Crippen LogP) is 2.86. The van der Waals surface area contributed by atoms with Gasteiger partial charge in [0.25, 0.3) is 0 Å². The summed E-state index contributed by atoms with van der Waals surface area (Å²) in [5, 5.41) is 3.02. The first-order chi connectivity index (χ1) is 15.7. The van der Waals surface area contributed by atoms with Crippen molar-refractivity contribution in [2.24, 2.45) is 17.8 Å². The van der Waals surface area contributed by atoms with Crippen LogP contribution in [0.5, 0.6) is 0 Å². The first-order valence-corrected chi connectivity index (χ1v) is 12.7. The molecule has 0 aromatic carbocycles. The third-order valence-electron chi connectivity index (χ3n) is 6.75. The van der Waals surface area contributed by atoms with Gasteiger partial charge in [0.05, 0.1) is 24.6 Å². The Hall–Kier alpha value is -1.67. The van der Waals surface area contributed by atoms with Crippen LogP contribution in [-0.2, 0) is 19.1 Å². The number of hydrogen-bond acceptors (Lipinski definition) is 5. The maximum Gasteiger partial charge on any atom is 0.245 e. The maximum absolute atomic E-state index is 13.7. The predicted molar refractivity (Wildman–Crippen MR) is 138 cm³/mol. The zero-order valence-electron chi connectivity index (χ0n) is 23.8. The Morgan fingerprint density at radius 2 is 1.47 bits per heavy atom. The number of ether oxygens (including phenoxy) is 1. The summed E-state index contributed by atoms with van der Waals surface area (Å²) in [5.74, 6) is -0.192. The number of rotatable bonds is 15. The van der Waals surface area contributed by atoms with Crippen LogP contribution < -0.4 is 5.32 Å². The highest BCUT2D eigenvalue weighted by molar-refractivity contribution is 5.90. The molecular formula is C26H52N4O4. The minimum atomic E-state index is -0.666. The van der Waals surface area contributed by atoms with Crippen molar-refractivity contribution < 1.29 is 19.1 Å². The van der Waals surface area contributed by atoms with Crippen LogP contribution in [0.2, 0.25) is 0 Å². The lowest BCUT2D eigenvalue weighted by atomic mass is 9.89. The van der Waals surface area contributed by atoms with Crippen molar-refractivity contribution in [2.45, 2.75) is 92.0 Å². The van der Waals surface area contributed by atoms with Gasteiger partial charge in [0, 0.05) is 27.7 Å². The molecule has 5 atom stereocenters. The van der Waals surface area contributed by atoms with E-state index in [0.717, 1.165) is 12.8 Å². The van der Waals surface area contributed by atoms with E-state index in [1.54, 1.807) is 31.0 Å². The highest BCUT2D eigenvalue weighted by Gasteiger charge is 2.38. The minimum absolute atomic E-state index is 0.00215. The second kappa shape index (κ2) is 15.4. The second-order valence-corrected chi connectivity index (χ2v) is 10.5. The number of amides is 3. The van der Waals surface area contributed by atoms with Crippen molar-refractivity contribution in [3.05, 3.63) is 0 Å². The van der Waals surface area contributed by atoms with Gasteiger partial charge in [-0.1, -0.05) is 54.9 Å². The maximum atomic E-state index is 13.7. The van der Waals surface area contributed by atoms with Gasteiger partial charge in [-0.25, -0.2) is 0 Å². The number of nitrogens with zero attached hydrogens (tertiary/aromatic N) is 3.